The Bertz CT molecular complexity index is 1260. The molecule has 0 spiro atoms. The van der Waals surface area contributed by atoms with Crippen molar-refractivity contribution in [3.05, 3.63) is 47.0 Å². The zero-order chi connectivity index (χ0) is 15.7. The van der Waals surface area contributed by atoms with Crippen molar-refractivity contribution < 1.29 is 0 Å². The summed E-state index contributed by atoms with van der Waals surface area (Å²) in [5, 5.41) is 9.23. The molecule has 5 aromatic rings. The molecule has 2 aromatic carbocycles. The van der Waals surface area contributed by atoms with Crippen LogP contribution in [0.4, 0.5) is 5.69 Å². The topological polar surface area (TPSA) is 66.3 Å². The lowest BCUT2D eigenvalue weighted by molar-refractivity contribution is 1.12. The maximum Gasteiger partial charge on any atom is 0.200 e. The molecule has 6 nitrogen and oxygen atoms in total. The first-order chi connectivity index (χ1) is 11.2. The predicted molar refractivity (Wildman–Crippen MR) is 91.6 cm³/mol. The molecule has 5 rings (SSSR count). The summed E-state index contributed by atoms with van der Waals surface area (Å²) in [6.07, 6.45) is 3.49. The number of imidazole rings is 1. The number of anilines is 1. The van der Waals surface area contributed by atoms with Crippen molar-refractivity contribution >= 4 is 43.9 Å². The van der Waals surface area contributed by atoms with Gasteiger partial charge in [-0.2, -0.15) is 5.10 Å². The van der Waals surface area contributed by atoms with Crippen molar-refractivity contribution in [2.24, 2.45) is 0 Å². The van der Waals surface area contributed by atoms with Gasteiger partial charge in [0.1, 0.15) is 6.33 Å². The van der Waals surface area contributed by atoms with Crippen LogP contribution in [0.3, 0.4) is 0 Å². The first-order valence-electron chi connectivity index (χ1n) is 7.35. The average Bonchev–Trinajstić information content (AvgIpc) is 3.18. The molecule has 6 heteroatoms. The van der Waals surface area contributed by atoms with Gasteiger partial charge in [0.05, 0.1) is 39.0 Å². The minimum atomic E-state index is 0.0225. The molecular formula is C17H13N5O. The second-order valence-electron chi connectivity index (χ2n) is 5.96. The lowest BCUT2D eigenvalue weighted by Crippen LogP contribution is -2.15. The molecule has 0 aliphatic carbocycles. The van der Waals surface area contributed by atoms with E-state index in [-0.39, 0.29) is 5.43 Å². The Morgan fingerprint density at radius 2 is 2.00 bits per heavy atom. The van der Waals surface area contributed by atoms with Crippen LogP contribution in [0, 0.1) is 0 Å². The van der Waals surface area contributed by atoms with E-state index in [0.29, 0.717) is 10.8 Å². The van der Waals surface area contributed by atoms with Crippen molar-refractivity contribution in [1.82, 2.24) is 19.6 Å². The Morgan fingerprint density at radius 1 is 1.13 bits per heavy atom. The number of nitrogens with zero attached hydrogens (tertiary/aromatic N) is 4. The van der Waals surface area contributed by atoms with Crippen LogP contribution in [0.2, 0.25) is 0 Å². The number of pyridine rings is 1. The second kappa shape index (κ2) is 3.98. The zero-order valence-electron chi connectivity index (χ0n) is 12.7. The Kier molecular flexibility index (Phi) is 2.15. The number of benzene rings is 2. The molecule has 0 atom stereocenters. The summed E-state index contributed by atoms with van der Waals surface area (Å²) >= 11 is 0. The van der Waals surface area contributed by atoms with E-state index in [1.165, 1.54) is 0 Å². The van der Waals surface area contributed by atoms with Gasteiger partial charge in [-0.1, -0.05) is 0 Å². The Balaban J connectivity index is 2.21. The Morgan fingerprint density at radius 3 is 2.83 bits per heavy atom. The van der Waals surface area contributed by atoms with Gasteiger partial charge < -0.3 is 4.90 Å². The van der Waals surface area contributed by atoms with Gasteiger partial charge in [0.2, 0.25) is 0 Å². The summed E-state index contributed by atoms with van der Waals surface area (Å²) in [5.41, 5.74) is 4.34. The second-order valence-corrected chi connectivity index (χ2v) is 5.96. The SMILES string of the molecule is CN(C)c1ccc2ncn3c4ccc5[nH]ncc5c4c(=O)c1c23. The highest BCUT2D eigenvalue weighted by atomic mass is 16.1. The first-order valence-corrected chi connectivity index (χ1v) is 7.35. The molecule has 0 saturated heterocycles. The van der Waals surface area contributed by atoms with Gasteiger partial charge >= 0.3 is 0 Å². The fraction of sp³-hybridized carbons (Fsp3) is 0.118. The highest BCUT2D eigenvalue weighted by Gasteiger charge is 2.19. The third-order valence-electron chi connectivity index (χ3n) is 4.49. The van der Waals surface area contributed by atoms with Crippen LogP contribution in [-0.2, 0) is 0 Å². The summed E-state index contributed by atoms with van der Waals surface area (Å²) < 4.78 is 2.00. The van der Waals surface area contributed by atoms with E-state index in [1.54, 1.807) is 12.5 Å². The fourth-order valence-corrected chi connectivity index (χ4v) is 3.44. The van der Waals surface area contributed by atoms with Crippen molar-refractivity contribution in [1.29, 1.82) is 0 Å². The van der Waals surface area contributed by atoms with Crippen LogP contribution in [0.15, 0.2) is 41.6 Å². The van der Waals surface area contributed by atoms with Crippen LogP contribution in [0.5, 0.6) is 0 Å². The normalized spacial score (nSPS) is 12.1. The summed E-state index contributed by atoms with van der Waals surface area (Å²) in [6, 6.07) is 7.80. The van der Waals surface area contributed by atoms with E-state index in [0.717, 1.165) is 33.1 Å². The summed E-state index contributed by atoms with van der Waals surface area (Å²) in [7, 11) is 3.89. The highest BCUT2D eigenvalue weighted by molar-refractivity contribution is 6.13. The van der Waals surface area contributed by atoms with Crippen LogP contribution < -0.4 is 10.3 Å². The lowest BCUT2D eigenvalue weighted by Gasteiger charge is -2.16. The molecule has 0 aliphatic heterocycles. The molecule has 0 aliphatic rings. The minimum Gasteiger partial charge on any atom is -0.377 e. The highest BCUT2D eigenvalue weighted by Crippen LogP contribution is 2.31. The monoisotopic (exact) mass is 303 g/mol. The molecule has 0 bridgehead atoms. The number of H-pyrrole nitrogens is 1. The molecule has 3 aromatic heterocycles. The number of aromatic amines is 1. The van der Waals surface area contributed by atoms with E-state index >= 15 is 0 Å². The average molecular weight is 303 g/mol. The number of hydrogen-bond donors (Lipinski definition) is 1. The third-order valence-corrected chi connectivity index (χ3v) is 4.49. The molecule has 0 radical (unpaired) electrons. The Hall–Kier alpha value is -3.15. The van der Waals surface area contributed by atoms with E-state index in [9.17, 15) is 4.79 Å². The standard InChI is InChI=1S/C17H13N5O/c1-21(2)12-5-4-11-16-15(12)17(23)14-9-7-19-20-10(9)3-6-13(14)22(16)8-18-11/h3-8H,1-2H3,(H,19,20). The minimum absolute atomic E-state index is 0.0225. The van der Waals surface area contributed by atoms with E-state index in [2.05, 4.69) is 15.2 Å². The third kappa shape index (κ3) is 1.40. The first kappa shape index (κ1) is 12.4. The number of rotatable bonds is 1. The molecule has 1 N–H and O–H groups in total. The lowest BCUT2D eigenvalue weighted by atomic mass is 10.0. The molecule has 3 heterocycles. The van der Waals surface area contributed by atoms with E-state index in [4.69, 9.17) is 0 Å². The van der Waals surface area contributed by atoms with Gasteiger partial charge in [-0.15, -0.1) is 0 Å². The molecule has 0 saturated carbocycles. The van der Waals surface area contributed by atoms with E-state index < -0.39 is 0 Å². The van der Waals surface area contributed by atoms with Crippen molar-refractivity contribution in [2.45, 2.75) is 0 Å². The summed E-state index contributed by atoms with van der Waals surface area (Å²) in [6.45, 7) is 0. The Labute approximate surface area is 130 Å². The van der Waals surface area contributed by atoms with E-state index in [1.807, 2.05) is 47.7 Å². The van der Waals surface area contributed by atoms with Crippen LogP contribution >= 0.6 is 0 Å². The summed E-state index contributed by atoms with van der Waals surface area (Å²) in [5.74, 6) is 0. The number of fused-ring (bicyclic) bond motifs is 4. The van der Waals surface area contributed by atoms with Crippen LogP contribution in [-0.4, -0.2) is 33.7 Å². The van der Waals surface area contributed by atoms with Crippen LogP contribution in [0.25, 0.3) is 38.2 Å². The maximum absolute atomic E-state index is 13.3. The number of hydrogen-bond acceptors (Lipinski definition) is 4. The predicted octanol–water partition coefficient (Wildman–Crippen LogP) is 2.38. The van der Waals surface area contributed by atoms with Gasteiger partial charge in [-0.25, -0.2) is 4.98 Å². The fourth-order valence-electron chi connectivity index (χ4n) is 3.44. The number of nitrogens with one attached hydrogen (secondary N) is 1. The van der Waals surface area contributed by atoms with Crippen molar-refractivity contribution in [2.75, 3.05) is 19.0 Å². The van der Waals surface area contributed by atoms with Crippen molar-refractivity contribution in [3.63, 3.8) is 0 Å². The largest absolute Gasteiger partial charge is 0.377 e. The number of aromatic nitrogens is 4. The molecule has 0 fully saturated rings. The summed E-state index contributed by atoms with van der Waals surface area (Å²) in [4.78, 5) is 19.7. The van der Waals surface area contributed by atoms with Gasteiger partial charge in [-0.05, 0) is 24.3 Å². The molecule has 0 amide bonds. The van der Waals surface area contributed by atoms with Crippen LogP contribution in [0.1, 0.15) is 0 Å². The maximum atomic E-state index is 13.3. The van der Waals surface area contributed by atoms with Gasteiger partial charge in [-0.3, -0.25) is 14.3 Å². The van der Waals surface area contributed by atoms with Gasteiger partial charge in [0, 0.05) is 25.2 Å². The molecule has 112 valence electrons. The van der Waals surface area contributed by atoms with Gasteiger partial charge in [0.15, 0.2) is 5.43 Å². The molecule has 23 heavy (non-hydrogen) atoms. The zero-order valence-corrected chi connectivity index (χ0v) is 12.7. The smallest absolute Gasteiger partial charge is 0.200 e. The molecular weight excluding hydrogens is 290 g/mol. The van der Waals surface area contributed by atoms with Crippen molar-refractivity contribution in [3.8, 4) is 0 Å². The molecule has 0 unspecified atom stereocenters. The van der Waals surface area contributed by atoms with Gasteiger partial charge in [0.25, 0.3) is 0 Å². The quantitative estimate of drug-likeness (QED) is 0.483.